The Balaban J connectivity index is 2.47. The average molecular weight is 202 g/mol. The summed E-state index contributed by atoms with van der Waals surface area (Å²) in [7, 11) is 3.18. The lowest BCUT2D eigenvalue weighted by Gasteiger charge is -2.02. The van der Waals surface area contributed by atoms with Gasteiger partial charge in [-0.05, 0) is 12.1 Å². The summed E-state index contributed by atoms with van der Waals surface area (Å²) in [4.78, 5) is 15.6. The van der Waals surface area contributed by atoms with Gasteiger partial charge in [0.2, 0.25) is 0 Å². The van der Waals surface area contributed by atoms with Crippen LogP contribution in [-0.2, 0) is 0 Å². The number of imidazole rings is 1. The Morgan fingerprint density at radius 2 is 2.29 bits per heavy atom. The molecule has 1 heterocycles. The van der Waals surface area contributed by atoms with E-state index in [1.54, 1.807) is 0 Å². The predicted octanol–water partition coefficient (Wildman–Crippen LogP) is 0.720. The first kappa shape index (κ1) is 8.95. The number of fused-ring (bicyclic) bond motifs is 1. The number of aromatic nitrogens is 2. The van der Waals surface area contributed by atoms with E-state index in [1.165, 1.54) is 10.9 Å². The molecule has 1 aromatic heterocycles. The number of hydrogen-bond donors (Lipinski definition) is 1. The molecule has 5 heteroatoms. The Morgan fingerprint density at radius 3 is 3.07 bits per heavy atom. The highest BCUT2D eigenvalue weighted by Crippen LogP contribution is 2.10. The van der Waals surface area contributed by atoms with E-state index in [1.807, 2.05) is 24.3 Å². The molecule has 14 heavy (non-hydrogen) atoms. The van der Waals surface area contributed by atoms with Crippen LogP contribution in [0.15, 0.2) is 30.6 Å². The lowest BCUT2D eigenvalue weighted by Crippen LogP contribution is -2.28. The highest BCUT2D eigenvalue weighted by Gasteiger charge is 2.06. The zero-order chi connectivity index (χ0) is 9.97. The first-order valence-corrected chi connectivity index (χ1v) is 4.88. The predicted molar refractivity (Wildman–Crippen MR) is 54.3 cm³/mol. The summed E-state index contributed by atoms with van der Waals surface area (Å²) in [6, 6.07) is 7.31. The first-order valence-electron chi connectivity index (χ1n) is 4.18. The molecule has 0 saturated heterocycles. The van der Waals surface area contributed by atoms with E-state index in [0.717, 1.165) is 11.0 Å². The molecule has 69 valence electrons. The molecule has 3 radical (unpaired) electrons. The fourth-order valence-corrected chi connectivity index (χ4v) is 1.43. The van der Waals surface area contributed by atoms with Gasteiger partial charge in [0, 0.05) is 6.17 Å². The van der Waals surface area contributed by atoms with Gasteiger partial charge in [-0.1, -0.05) is 12.1 Å². The summed E-state index contributed by atoms with van der Waals surface area (Å²) in [5.74, 6) is 0. The zero-order valence-corrected chi connectivity index (χ0v) is 8.40. The third kappa shape index (κ3) is 1.42. The van der Waals surface area contributed by atoms with Crippen molar-refractivity contribution >= 4 is 27.3 Å². The van der Waals surface area contributed by atoms with Crippen LogP contribution < -0.4 is 5.32 Å². The molecule has 0 unspecified atom stereocenters. The molecular formula is C9H8N3OSi. The lowest BCUT2D eigenvalue weighted by molar-refractivity contribution is 0.244. The number of carbonyl (C=O) groups excluding carboxylic acids is 1. The third-order valence-corrected chi connectivity index (χ3v) is 2.09. The molecule has 2 aromatic rings. The normalized spacial score (nSPS) is 10.4. The van der Waals surface area contributed by atoms with E-state index >= 15 is 0 Å². The van der Waals surface area contributed by atoms with Gasteiger partial charge < -0.3 is 5.32 Å². The monoisotopic (exact) mass is 202 g/mol. The Labute approximate surface area is 84.4 Å². The fraction of sp³-hybridized carbons (Fsp3) is 0.111. The van der Waals surface area contributed by atoms with E-state index in [0.29, 0.717) is 6.17 Å². The number of carbonyl (C=O) groups is 1. The molecular weight excluding hydrogens is 194 g/mol. The van der Waals surface area contributed by atoms with Crippen molar-refractivity contribution in [2.75, 3.05) is 6.17 Å². The summed E-state index contributed by atoms with van der Waals surface area (Å²) in [5, 5.41) is 2.64. The zero-order valence-electron chi connectivity index (χ0n) is 7.40. The van der Waals surface area contributed by atoms with Crippen LogP contribution >= 0.6 is 0 Å². The standard InChI is InChI=1S/C9H8N3OSi/c13-9(11-6-14)12-5-10-7-3-1-2-4-8(7)12/h1-5H,6H2,(H,11,13). The van der Waals surface area contributed by atoms with Gasteiger partial charge in [-0.3, -0.25) is 4.57 Å². The minimum atomic E-state index is -0.186. The molecule has 1 amide bonds. The van der Waals surface area contributed by atoms with E-state index in [4.69, 9.17) is 0 Å². The van der Waals surface area contributed by atoms with Crippen molar-refractivity contribution in [3.8, 4) is 0 Å². The van der Waals surface area contributed by atoms with Crippen molar-refractivity contribution in [2.24, 2.45) is 0 Å². The van der Waals surface area contributed by atoms with Gasteiger partial charge >= 0.3 is 6.03 Å². The van der Waals surface area contributed by atoms with Crippen molar-refractivity contribution in [2.45, 2.75) is 0 Å². The topological polar surface area (TPSA) is 46.9 Å². The van der Waals surface area contributed by atoms with Crippen LogP contribution in [0.1, 0.15) is 0 Å². The molecule has 0 aliphatic heterocycles. The van der Waals surface area contributed by atoms with Gasteiger partial charge in [-0.2, -0.15) is 0 Å². The summed E-state index contributed by atoms with van der Waals surface area (Å²) in [6.07, 6.45) is 1.94. The number of para-hydroxylation sites is 2. The maximum Gasteiger partial charge on any atom is 0.327 e. The Morgan fingerprint density at radius 1 is 1.50 bits per heavy atom. The number of amides is 1. The fourth-order valence-electron chi connectivity index (χ4n) is 1.28. The van der Waals surface area contributed by atoms with E-state index in [2.05, 4.69) is 20.5 Å². The molecule has 2 rings (SSSR count). The number of hydrogen-bond acceptors (Lipinski definition) is 2. The van der Waals surface area contributed by atoms with E-state index < -0.39 is 0 Å². The minimum absolute atomic E-state index is 0.186. The lowest BCUT2D eigenvalue weighted by atomic mass is 10.3. The molecule has 1 N–H and O–H groups in total. The smallest absolute Gasteiger partial charge is 0.327 e. The number of rotatable bonds is 1. The van der Waals surface area contributed by atoms with Crippen LogP contribution in [-0.4, -0.2) is 32.0 Å². The molecule has 0 bridgehead atoms. The minimum Gasteiger partial charge on any atom is -0.341 e. The Hall–Kier alpha value is -1.62. The SMILES string of the molecule is O=C(NC[Si])n1cnc2ccccc21. The highest BCUT2D eigenvalue weighted by molar-refractivity contribution is 6.10. The molecule has 0 fully saturated rings. The highest BCUT2D eigenvalue weighted by atomic mass is 28.1. The van der Waals surface area contributed by atoms with Crippen molar-refractivity contribution in [1.82, 2.24) is 14.9 Å². The molecule has 0 spiro atoms. The largest absolute Gasteiger partial charge is 0.341 e. The van der Waals surface area contributed by atoms with Crippen molar-refractivity contribution < 1.29 is 4.79 Å². The number of nitrogens with one attached hydrogen (secondary N) is 1. The van der Waals surface area contributed by atoms with E-state index in [-0.39, 0.29) is 6.03 Å². The molecule has 0 aliphatic rings. The molecule has 0 saturated carbocycles. The molecule has 0 atom stereocenters. The molecule has 1 aromatic carbocycles. The number of nitrogens with zero attached hydrogens (tertiary/aromatic N) is 2. The summed E-state index contributed by atoms with van der Waals surface area (Å²) < 4.78 is 1.48. The van der Waals surface area contributed by atoms with Crippen LogP contribution in [0, 0.1) is 0 Å². The average Bonchev–Trinajstić information content (AvgIpc) is 2.61. The van der Waals surface area contributed by atoms with Crippen LogP contribution in [0.5, 0.6) is 0 Å². The second kappa shape index (κ2) is 3.63. The molecule has 4 nitrogen and oxygen atoms in total. The summed E-state index contributed by atoms with van der Waals surface area (Å²) in [6.45, 7) is 0. The maximum atomic E-state index is 11.5. The molecule has 0 aliphatic carbocycles. The van der Waals surface area contributed by atoms with Gasteiger partial charge in [-0.25, -0.2) is 9.78 Å². The maximum absolute atomic E-state index is 11.5. The van der Waals surface area contributed by atoms with E-state index in [9.17, 15) is 4.79 Å². The van der Waals surface area contributed by atoms with Crippen molar-refractivity contribution in [3.63, 3.8) is 0 Å². The van der Waals surface area contributed by atoms with Gasteiger partial charge in [0.15, 0.2) is 0 Å². The van der Waals surface area contributed by atoms with Gasteiger partial charge in [-0.15, -0.1) is 0 Å². The third-order valence-electron chi connectivity index (χ3n) is 1.91. The second-order valence-electron chi connectivity index (χ2n) is 2.76. The quantitative estimate of drug-likeness (QED) is 0.693. The van der Waals surface area contributed by atoms with Crippen LogP contribution in [0.2, 0.25) is 0 Å². The van der Waals surface area contributed by atoms with Gasteiger partial charge in [0.05, 0.1) is 21.3 Å². The summed E-state index contributed by atoms with van der Waals surface area (Å²) >= 11 is 0. The van der Waals surface area contributed by atoms with Crippen LogP contribution in [0.3, 0.4) is 0 Å². The second-order valence-corrected chi connectivity index (χ2v) is 3.12. The Kier molecular flexibility index (Phi) is 2.32. The van der Waals surface area contributed by atoms with Crippen LogP contribution in [0.4, 0.5) is 4.79 Å². The van der Waals surface area contributed by atoms with Crippen molar-refractivity contribution in [1.29, 1.82) is 0 Å². The first-order chi connectivity index (χ1) is 6.83. The summed E-state index contributed by atoms with van der Waals surface area (Å²) in [5.41, 5.74) is 1.63. The number of benzene rings is 1. The van der Waals surface area contributed by atoms with Crippen molar-refractivity contribution in [3.05, 3.63) is 30.6 Å². The van der Waals surface area contributed by atoms with Gasteiger partial charge in [0.1, 0.15) is 6.33 Å². The van der Waals surface area contributed by atoms with Crippen LogP contribution in [0.25, 0.3) is 11.0 Å². The van der Waals surface area contributed by atoms with Gasteiger partial charge in [0.25, 0.3) is 0 Å². The Bertz CT molecular complexity index is 466.